The Morgan fingerprint density at radius 2 is 1.34 bits per heavy atom. The normalized spacial score (nSPS) is 13.3. The van der Waals surface area contributed by atoms with Crippen molar-refractivity contribution in [3.8, 4) is 33.9 Å². The molecule has 0 atom stereocenters. The van der Waals surface area contributed by atoms with E-state index in [0.29, 0.717) is 5.56 Å². The summed E-state index contributed by atoms with van der Waals surface area (Å²) in [5, 5.41) is 2.09. The van der Waals surface area contributed by atoms with E-state index in [2.05, 4.69) is 33.2 Å². The predicted molar refractivity (Wildman–Crippen MR) is 119 cm³/mol. The summed E-state index contributed by atoms with van der Waals surface area (Å²) >= 11 is 6.18. The topological polar surface area (TPSA) is 38.7 Å². The maximum Gasteiger partial charge on any atom is 0.226 e. The lowest BCUT2D eigenvalue weighted by molar-refractivity contribution is 1.07. The maximum atomic E-state index is 8.23. The van der Waals surface area contributed by atoms with E-state index in [0.717, 1.165) is 21.9 Å². The number of rotatable bonds is 3. The van der Waals surface area contributed by atoms with Crippen molar-refractivity contribution in [3.63, 3.8) is 0 Å². The van der Waals surface area contributed by atoms with Gasteiger partial charge in [-0.25, -0.2) is 4.98 Å². The van der Waals surface area contributed by atoms with Crippen LogP contribution in [-0.4, -0.2) is 15.0 Å². The summed E-state index contributed by atoms with van der Waals surface area (Å²) < 4.78 is 40.1. The Hall–Kier alpha value is -3.56. The molecule has 5 aromatic rings. The summed E-state index contributed by atoms with van der Waals surface area (Å²) in [6.45, 7) is 0. The number of aromatic nitrogens is 3. The van der Waals surface area contributed by atoms with E-state index in [-0.39, 0.29) is 22.5 Å². The van der Waals surface area contributed by atoms with Gasteiger partial charge in [-0.05, 0) is 39.6 Å². The van der Waals surface area contributed by atoms with Crippen LogP contribution >= 0.6 is 11.6 Å². The van der Waals surface area contributed by atoms with Gasteiger partial charge in [0, 0.05) is 11.1 Å². The average molecular weight is 399 g/mol. The second-order valence-electron chi connectivity index (χ2n) is 6.36. The molecule has 5 rings (SSSR count). The van der Waals surface area contributed by atoms with Gasteiger partial charge in [-0.15, -0.1) is 0 Å². The van der Waals surface area contributed by atoms with E-state index in [9.17, 15) is 0 Å². The first-order valence-corrected chi connectivity index (χ1v) is 9.30. The number of fused-ring (bicyclic) bond motifs is 1. The molecule has 0 fully saturated rings. The summed E-state index contributed by atoms with van der Waals surface area (Å²) in [6.07, 6.45) is 0. The Balaban J connectivity index is 1.67. The van der Waals surface area contributed by atoms with Gasteiger partial charge in [0.15, 0.2) is 11.6 Å². The van der Waals surface area contributed by atoms with Crippen LogP contribution in [0.2, 0.25) is 5.28 Å². The van der Waals surface area contributed by atoms with Gasteiger partial charge in [-0.1, -0.05) is 90.9 Å². The fraction of sp³-hybridized carbons (Fsp3) is 0. The van der Waals surface area contributed by atoms with Gasteiger partial charge in [0.25, 0.3) is 0 Å². The summed E-state index contributed by atoms with van der Waals surface area (Å²) in [5.74, 6) is 0.159. The number of hydrogen-bond acceptors (Lipinski definition) is 3. The number of halogens is 1. The third-order valence-electron chi connectivity index (χ3n) is 4.55. The standard InChI is InChI=1S/C25H16ClN3/c26-25-28-23(18-9-2-1-3-10-18)27-24(29-25)20-13-6-12-19(16-20)22-15-7-11-17-8-4-5-14-21(17)22/h1-16H/i1D,2D,3D,9D,10D. The molecule has 0 aliphatic carbocycles. The lowest BCUT2D eigenvalue weighted by Gasteiger charge is -2.09. The molecule has 0 aliphatic rings. The second kappa shape index (κ2) is 7.46. The zero-order valence-electron chi connectivity index (χ0n) is 20.1. The highest BCUT2D eigenvalue weighted by atomic mass is 35.5. The molecule has 3 nitrogen and oxygen atoms in total. The van der Waals surface area contributed by atoms with Crippen molar-refractivity contribution in [2.75, 3.05) is 0 Å². The Morgan fingerprint density at radius 3 is 2.21 bits per heavy atom. The van der Waals surface area contributed by atoms with Crippen molar-refractivity contribution in [2.45, 2.75) is 0 Å². The number of hydrogen-bond donors (Lipinski definition) is 0. The predicted octanol–water partition coefficient (Wildman–Crippen LogP) is 6.68. The van der Waals surface area contributed by atoms with Crippen LogP contribution in [0.1, 0.15) is 6.85 Å². The molecule has 0 unspecified atom stereocenters. The van der Waals surface area contributed by atoms with E-state index < -0.39 is 30.2 Å². The van der Waals surface area contributed by atoms with Crippen molar-refractivity contribution in [2.24, 2.45) is 0 Å². The SMILES string of the molecule is [2H]c1c([2H])c([2H])c(-c2nc(Cl)nc(-c3cccc(-c4cccc5ccccc45)c3)n2)c([2H])c1[2H]. The summed E-state index contributed by atoms with van der Waals surface area (Å²) in [6, 6.07) is 19.6. The third kappa shape index (κ3) is 3.48. The molecule has 29 heavy (non-hydrogen) atoms. The molecule has 0 N–H and O–H groups in total. The monoisotopic (exact) mass is 398 g/mol. The third-order valence-corrected chi connectivity index (χ3v) is 4.72. The van der Waals surface area contributed by atoms with Crippen LogP contribution in [0.5, 0.6) is 0 Å². The van der Waals surface area contributed by atoms with Crippen LogP contribution in [0.4, 0.5) is 0 Å². The average Bonchev–Trinajstić information content (AvgIpc) is 2.86. The van der Waals surface area contributed by atoms with Crippen LogP contribution in [0, 0.1) is 0 Å². The van der Waals surface area contributed by atoms with E-state index in [1.54, 1.807) is 0 Å². The molecule has 4 aromatic carbocycles. The van der Waals surface area contributed by atoms with Crippen molar-refractivity contribution in [1.29, 1.82) is 0 Å². The molecule has 0 amide bonds. The largest absolute Gasteiger partial charge is 0.226 e. The molecule has 0 aliphatic heterocycles. The lowest BCUT2D eigenvalue weighted by atomic mass is 9.97. The first-order valence-electron chi connectivity index (χ1n) is 11.4. The molecule has 0 radical (unpaired) electrons. The Bertz CT molecular complexity index is 1550. The van der Waals surface area contributed by atoms with Crippen LogP contribution < -0.4 is 0 Å². The van der Waals surface area contributed by atoms with E-state index >= 15 is 0 Å². The zero-order chi connectivity index (χ0) is 24.0. The van der Waals surface area contributed by atoms with Crippen LogP contribution in [-0.2, 0) is 0 Å². The molecule has 4 heteroatoms. The van der Waals surface area contributed by atoms with Crippen molar-refractivity contribution < 1.29 is 6.85 Å². The second-order valence-corrected chi connectivity index (χ2v) is 6.70. The molecule has 1 heterocycles. The van der Waals surface area contributed by atoms with Crippen molar-refractivity contribution >= 4 is 22.4 Å². The molecule has 1 aromatic heterocycles. The van der Waals surface area contributed by atoms with Crippen molar-refractivity contribution in [1.82, 2.24) is 15.0 Å². The number of nitrogens with zero attached hydrogens (tertiary/aromatic N) is 3. The minimum Gasteiger partial charge on any atom is -0.208 e. The van der Waals surface area contributed by atoms with Crippen LogP contribution in [0.3, 0.4) is 0 Å². The van der Waals surface area contributed by atoms with Crippen LogP contribution in [0.25, 0.3) is 44.7 Å². The Labute approximate surface area is 180 Å². The molecular formula is C25H16ClN3. The van der Waals surface area contributed by atoms with Gasteiger partial charge in [0.1, 0.15) is 0 Å². The minimum atomic E-state index is -0.484. The molecular weight excluding hydrogens is 378 g/mol. The highest BCUT2D eigenvalue weighted by Gasteiger charge is 2.11. The Kier molecular flexibility index (Phi) is 3.29. The van der Waals surface area contributed by atoms with Gasteiger partial charge in [-0.2, -0.15) is 9.97 Å². The zero-order valence-corrected chi connectivity index (χ0v) is 15.8. The quantitative estimate of drug-likeness (QED) is 0.340. The van der Waals surface area contributed by atoms with Gasteiger partial charge in [-0.3, -0.25) is 0 Å². The van der Waals surface area contributed by atoms with Crippen molar-refractivity contribution in [3.05, 3.63) is 102 Å². The lowest BCUT2D eigenvalue weighted by Crippen LogP contribution is -1.97. The number of benzene rings is 4. The van der Waals surface area contributed by atoms with E-state index in [1.807, 2.05) is 48.5 Å². The first-order chi connectivity index (χ1) is 16.3. The fourth-order valence-corrected chi connectivity index (χ4v) is 3.42. The molecule has 0 saturated carbocycles. The molecule has 0 saturated heterocycles. The van der Waals surface area contributed by atoms with Gasteiger partial charge >= 0.3 is 0 Å². The summed E-state index contributed by atoms with van der Waals surface area (Å²) in [4.78, 5) is 12.7. The van der Waals surface area contributed by atoms with Crippen LogP contribution in [0.15, 0.2) is 96.9 Å². The van der Waals surface area contributed by atoms with Gasteiger partial charge in [0.05, 0.1) is 6.85 Å². The first kappa shape index (κ1) is 12.8. The molecule has 0 spiro atoms. The van der Waals surface area contributed by atoms with Gasteiger partial charge < -0.3 is 0 Å². The highest BCUT2D eigenvalue weighted by molar-refractivity contribution is 6.28. The summed E-state index contributed by atoms with van der Waals surface area (Å²) in [7, 11) is 0. The molecule has 138 valence electrons. The Morgan fingerprint density at radius 1 is 0.655 bits per heavy atom. The highest BCUT2D eigenvalue weighted by Crippen LogP contribution is 2.31. The van der Waals surface area contributed by atoms with E-state index in [4.69, 9.17) is 18.5 Å². The minimum absolute atomic E-state index is 0.0810. The van der Waals surface area contributed by atoms with Gasteiger partial charge in [0.2, 0.25) is 5.28 Å². The smallest absolute Gasteiger partial charge is 0.208 e. The van der Waals surface area contributed by atoms with E-state index in [1.165, 1.54) is 0 Å². The fourth-order valence-electron chi connectivity index (χ4n) is 3.26. The summed E-state index contributed by atoms with van der Waals surface area (Å²) in [5.41, 5.74) is 2.53. The maximum absolute atomic E-state index is 8.23. The molecule has 0 bridgehead atoms.